The SMILES string of the molecule is CCOC(=O)C(F)(F)[C@@]1(N)CCOc2ccc([N+](=O)[O-])cc21.Cl. The van der Waals surface area contributed by atoms with Gasteiger partial charge in [0.15, 0.2) is 0 Å². The summed E-state index contributed by atoms with van der Waals surface area (Å²) in [5.41, 5.74) is 2.66. The Bertz CT molecular complexity index is 628. The quantitative estimate of drug-likeness (QED) is 0.505. The van der Waals surface area contributed by atoms with E-state index in [1.165, 1.54) is 13.0 Å². The van der Waals surface area contributed by atoms with Crippen LogP contribution in [0.1, 0.15) is 18.9 Å². The van der Waals surface area contributed by atoms with Crippen LogP contribution in [0.3, 0.4) is 0 Å². The van der Waals surface area contributed by atoms with Gasteiger partial charge in [0.2, 0.25) is 0 Å². The Labute approximate surface area is 136 Å². The Balaban J connectivity index is 0.00000264. The van der Waals surface area contributed by atoms with Gasteiger partial charge >= 0.3 is 11.9 Å². The van der Waals surface area contributed by atoms with E-state index in [4.69, 9.17) is 10.5 Å². The second-order valence-electron chi connectivity index (χ2n) is 4.80. The van der Waals surface area contributed by atoms with Crippen molar-refractivity contribution >= 4 is 24.1 Å². The third kappa shape index (κ3) is 3.06. The number of alkyl halides is 2. The number of ether oxygens (including phenoxy) is 2. The Morgan fingerprint density at radius 2 is 2.22 bits per heavy atom. The lowest BCUT2D eigenvalue weighted by Gasteiger charge is -2.39. The Hall–Kier alpha value is -2.00. The number of benzene rings is 1. The summed E-state index contributed by atoms with van der Waals surface area (Å²) in [6, 6.07) is 3.21. The fourth-order valence-electron chi connectivity index (χ4n) is 2.29. The van der Waals surface area contributed by atoms with Crippen LogP contribution >= 0.6 is 12.4 Å². The van der Waals surface area contributed by atoms with Gasteiger partial charge in [-0.2, -0.15) is 8.78 Å². The average molecular weight is 353 g/mol. The van der Waals surface area contributed by atoms with Gasteiger partial charge in [0.1, 0.15) is 11.3 Å². The first kappa shape index (κ1) is 19.0. The molecule has 0 amide bonds. The highest BCUT2D eigenvalue weighted by atomic mass is 35.5. The number of hydrogen-bond acceptors (Lipinski definition) is 6. The lowest BCUT2D eigenvalue weighted by atomic mass is 9.79. The van der Waals surface area contributed by atoms with Crippen LogP contribution in [0.5, 0.6) is 5.75 Å². The third-order valence-corrected chi connectivity index (χ3v) is 3.50. The molecule has 0 radical (unpaired) electrons. The average Bonchev–Trinajstić information content (AvgIpc) is 2.47. The first-order valence-electron chi connectivity index (χ1n) is 6.49. The highest BCUT2D eigenvalue weighted by molar-refractivity contribution is 5.85. The van der Waals surface area contributed by atoms with Crippen LogP contribution in [-0.4, -0.2) is 30.0 Å². The minimum Gasteiger partial charge on any atom is -0.493 e. The molecule has 1 aromatic carbocycles. The highest BCUT2D eigenvalue weighted by Gasteiger charge is 2.61. The van der Waals surface area contributed by atoms with E-state index in [1.807, 2.05) is 0 Å². The molecular weight excluding hydrogens is 338 g/mol. The van der Waals surface area contributed by atoms with Crippen molar-refractivity contribution in [3.05, 3.63) is 33.9 Å². The lowest BCUT2D eigenvalue weighted by Crippen LogP contribution is -2.59. The Morgan fingerprint density at radius 1 is 1.57 bits per heavy atom. The monoisotopic (exact) mass is 352 g/mol. The smallest absolute Gasteiger partial charge is 0.379 e. The van der Waals surface area contributed by atoms with Crippen LogP contribution in [0.15, 0.2) is 18.2 Å². The van der Waals surface area contributed by atoms with Crippen molar-refractivity contribution in [3.8, 4) is 5.75 Å². The first-order chi connectivity index (χ1) is 10.2. The molecule has 0 spiro atoms. The van der Waals surface area contributed by atoms with Gasteiger partial charge in [0.25, 0.3) is 5.69 Å². The number of halogens is 3. The number of nitrogens with two attached hydrogens (primary N) is 1. The van der Waals surface area contributed by atoms with Gasteiger partial charge < -0.3 is 15.2 Å². The van der Waals surface area contributed by atoms with E-state index < -0.39 is 28.0 Å². The van der Waals surface area contributed by atoms with Crippen LogP contribution in [0, 0.1) is 10.1 Å². The molecule has 128 valence electrons. The molecule has 0 aliphatic carbocycles. The van der Waals surface area contributed by atoms with Crippen molar-refractivity contribution in [1.82, 2.24) is 0 Å². The lowest BCUT2D eigenvalue weighted by molar-refractivity contribution is -0.385. The number of carbonyl (C=O) groups excluding carboxylic acids is 1. The van der Waals surface area contributed by atoms with E-state index in [9.17, 15) is 23.7 Å². The summed E-state index contributed by atoms with van der Waals surface area (Å²) in [4.78, 5) is 21.7. The van der Waals surface area contributed by atoms with Crippen molar-refractivity contribution in [2.75, 3.05) is 13.2 Å². The molecule has 0 bridgehead atoms. The van der Waals surface area contributed by atoms with E-state index in [-0.39, 0.29) is 43.4 Å². The van der Waals surface area contributed by atoms with E-state index in [2.05, 4.69) is 4.74 Å². The number of nitro groups is 1. The summed E-state index contributed by atoms with van der Waals surface area (Å²) in [6.07, 6.45) is -0.382. The number of rotatable bonds is 4. The molecule has 0 fully saturated rings. The largest absolute Gasteiger partial charge is 0.493 e. The van der Waals surface area contributed by atoms with Crippen molar-refractivity contribution in [3.63, 3.8) is 0 Å². The summed E-state index contributed by atoms with van der Waals surface area (Å²) in [6.45, 7) is 1.01. The second kappa shape index (κ2) is 6.63. The number of non-ortho nitro benzene ring substituents is 1. The molecular formula is C13H15ClF2N2O5. The molecule has 1 atom stereocenters. The molecule has 2 N–H and O–H groups in total. The first-order valence-corrected chi connectivity index (χ1v) is 6.49. The predicted octanol–water partition coefficient (Wildman–Crippen LogP) is 2.15. The van der Waals surface area contributed by atoms with E-state index in [0.717, 1.165) is 12.1 Å². The van der Waals surface area contributed by atoms with Gasteiger partial charge in [0, 0.05) is 24.1 Å². The molecule has 1 aliphatic heterocycles. The van der Waals surface area contributed by atoms with Crippen LogP contribution in [0.4, 0.5) is 14.5 Å². The van der Waals surface area contributed by atoms with E-state index >= 15 is 0 Å². The predicted molar refractivity (Wildman–Crippen MR) is 77.9 cm³/mol. The zero-order valence-electron chi connectivity index (χ0n) is 12.1. The molecule has 0 saturated carbocycles. The Kier molecular flexibility index (Phi) is 5.49. The fourth-order valence-corrected chi connectivity index (χ4v) is 2.29. The molecule has 0 aromatic heterocycles. The molecule has 1 aliphatic rings. The van der Waals surface area contributed by atoms with Gasteiger partial charge in [-0.25, -0.2) is 4.79 Å². The van der Waals surface area contributed by atoms with Gasteiger partial charge in [-0.15, -0.1) is 12.4 Å². The van der Waals surface area contributed by atoms with Crippen molar-refractivity contribution in [2.24, 2.45) is 5.73 Å². The third-order valence-electron chi connectivity index (χ3n) is 3.50. The topological polar surface area (TPSA) is 105 Å². The molecule has 7 nitrogen and oxygen atoms in total. The number of nitrogens with zero attached hydrogens (tertiary/aromatic N) is 1. The van der Waals surface area contributed by atoms with Crippen LogP contribution < -0.4 is 10.5 Å². The minimum absolute atomic E-state index is 0. The maximum atomic E-state index is 14.5. The summed E-state index contributed by atoms with van der Waals surface area (Å²) in [5.74, 6) is -5.82. The van der Waals surface area contributed by atoms with Crippen LogP contribution in [-0.2, 0) is 15.1 Å². The van der Waals surface area contributed by atoms with Gasteiger partial charge in [-0.05, 0) is 13.0 Å². The second-order valence-corrected chi connectivity index (χ2v) is 4.80. The maximum Gasteiger partial charge on any atom is 0.379 e. The van der Waals surface area contributed by atoms with E-state index in [1.54, 1.807) is 0 Å². The summed E-state index contributed by atoms with van der Waals surface area (Å²) < 4.78 is 38.5. The van der Waals surface area contributed by atoms with Crippen LogP contribution in [0.2, 0.25) is 0 Å². The van der Waals surface area contributed by atoms with Gasteiger partial charge in [-0.1, -0.05) is 0 Å². The van der Waals surface area contributed by atoms with Crippen molar-refractivity contribution in [2.45, 2.75) is 24.8 Å². The van der Waals surface area contributed by atoms with Gasteiger partial charge in [0.05, 0.1) is 18.1 Å². The van der Waals surface area contributed by atoms with Crippen molar-refractivity contribution in [1.29, 1.82) is 0 Å². The molecule has 10 heteroatoms. The zero-order chi connectivity index (χ0) is 16.5. The minimum atomic E-state index is -4.04. The normalized spacial score (nSPS) is 19.8. The number of esters is 1. The molecule has 1 heterocycles. The number of nitro benzene ring substituents is 1. The number of carbonyl (C=O) groups is 1. The molecule has 2 rings (SSSR count). The van der Waals surface area contributed by atoms with Crippen LogP contribution in [0.25, 0.3) is 0 Å². The number of fused-ring (bicyclic) bond motifs is 1. The molecule has 23 heavy (non-hydrogen) atoms. The Morgan fingerprint density at radius 3 is 2.78 bits per heavy atom. The molecule has 0 unspecified atom stereocenters. The summed E-state index contributed by atoms with van der Waals surface area (Å²) >= 11 is 0. The summed E-state index contributed by atoms with van der Waals surface area (Å²) in [7, 11) is 0. The summed E-state index contributed by atoms with van der Waals surface area (Å²) in [5, 5.41) is 10.8. The molecule has 1 aromatic rings. The fraction of sp³-hybridized carbons (Fsp3) is 0.462. The maximum absolute atomic E-state index is 14.5. The zero-order valence-corrected chi connectivity index (χ0v) is 12.9. The highest BCUT2D eigenvalue weighted by Crippen LogP contribution is 2.46. The van der Waals surface area contributed by atoms with Gasteiger partial charge in [-0.3, -0.25) is 10.1 Å². The van der Waals surface area contributed by atoms with Crippen molar-refractivity contribution < 1.29 is 28.0 Å². The standard InChI is InChI=1S/C13H14F2N2O5.ClH/c1-2-21-11(18)13(14,15)12(16)5-6-22-10-4-3-8(17(19)20)7-9(10)12;/h3-4,7H,2,5-6,16H2,1H3;1H/t12-;/m1./s1. The van der Waals surface area contributed by atoms with E-state index in [0.29, 0.717) is 0 Å². The molecule has 0 saturated heterocycles. The number of hydrogen-bond donors (Lipinski definition) is 1.